The molecule has 0 aliphatic carbocycles. The Morgan fingerprint density at radius 3 is 2.93 bits per heavy atom. The molecule has 4 heterocycles. The molecule has 3 aromatic heterocycles. The lowest BCUT2D eigenvalue weighted by Crippen LogP contribution is -2.29. The van der Waals surface area contributed by atoms with Crippen LogP contribution >= 0.6 is 11.3 Å². The number of likely N-dealkylation sites (tertiary alicyclic amines) is 1. The quantitative estimate of drug-likeness (QED) is 0.646. The molecular weight excluding hydrogens is 384 g/mol. The Balaban J connectivity index is 1.47. The summed E-state index contributed by atoms with van der Waals surface area (Å²) in [6, 6.07) is 5.72. The molecular formula is C21H24N6OS. The monoisotopic (exact) mass is 408 g/mol. The zero-order valence-electron chi connectivity index (χ0n) is 16.8. The van der Waals surface area contributed by atoms with Gasteiger partial charge in [-0.2, -0.15) is 5.10 Å². The first-order chi connectivity index (χ1) is 14.0. The van der Waals surface area contributed by atoms with Crippen LogP contribution in [0.5, 0.6) is 0 Å². The molecule has 8 heteroatoms. The Morgan fingerprint density at radius 1 is 1.34 bits per heavy atom. The van der Waals surface area contributed by atoms with Crippen molar-refractivity contribution in [3.8, 4) is 0 Å². The van der Waals surface area contributed by atoms with Gasteiger partial charge in [0.1, 0.15) is 5.82 Å². The highest BCUT2D eigenvalue weighted by Gasteiger charge is 2.30. The number of nitrogens with zero attached hydrogens (tertiary/aromatic N) is 5. The van der Waals surface area contributed by atoms with E-state index in [0.717, 1.165) is 53.0 Å². The molecule has 1 unspecified atom stereocenters. The number of amides is 1. The van der Waals surface area contributed by atoms with Gasteiger partial charge in [-0.15, -0.1) is 11.3 Å². The summed E-state index contributed by atoms with van der Waals surface area (Å²) in [4.78, 5) is 23.8. The standard InChI is InChI=1S/C21H24N6OS/c1-14-16(15(2)26(3)25-14)9-10-20(28)27-12-6-7-18(27)17-13-29-21(23-17)24-19-8-4-5-11-22-19/h4-5,8-11,13,18H,6-7,12H2,1-3H3,(H,22,23,24)/b10-9+. The highest BCUT2D eigenvalue weighted by molar-refractivity contribution is 7.13. The van der Waals surface area contributed by atoms with Crippen molar-refractivity contribution in [2.75, 3.05) is 11.9 Å². The number of carbonyl (C=O) groups is 1. The van der Waals surface area contributed by atoms with Crippen molar-refractivity contribution >= 4 is 34.3 Å². The lowest BCUT2D eigenvalue weighted by Gasteiger charge is -2.21. The topological polar surface area (TPSA) is 75.9 Å². The number of nitrogens with one attached hydrogen (secondary N) is 1. The van der Waals surface area contributed by atoms with Crippen molar-refractivity contribution in [1.29, 1.82) is 0 Å². The summed E-state index contributed by atoms with van der Waals surface area (Å²) in [6.45, 7) is 4.72. The maximum absolute atomic E-state index is 12.9. The van der Waals surface area contributed by atoms with E-state index in [4.69, 9.17) is 4.98 Å². The van der Waals surface area contributed by atoms with Crippen LogP contribution in [0.15, 0.2) is 35.9 Å². The van der Waals surface area contributed by atoms with E-state index in [0.29, 0.717) is 0 Å². The molecule has 1 atom stereocenters. The minimum Gasteiger partial charge on any atom is -0.331 e. The summed E-state index contributed by atoms with van der Waals surface area (Å²) < 4.78 is 1.84. The van der Waals surface area contributed by atoms with Crippen LogP contribution in [0.25, 0.3) is 6.08 Å². The average Bonchev–Trinajstić information content (AvgIpc) is 3.42. The van der Waals surface area contributed by atoms with Gasteiger partial charge in [0.2, 0.25) is 5.91 Å². The van der Waals surface area contributed by atoms with Crippen LogP contribution in [-0.2, 0) is 11.8 Å². The first-order valence-electron chi connectivity index (χ1n) is 9.65. The van der Waals surface area contributed by atoms with Crippen LogP contribution < -0.4 is 5.32 Å². The van der Waals surface area contributed by atoms with Gasteiger partial charge in [0.05, 0.1) is 17.4 Å². The number of rotatable bonds is 5. The zero-order chi connectivity index (χ0) is 20.4. The van der Waals surface area contributed by atoms with E-state index >= 15 is 0 Å². The van der Waals surface area contributed by atoms with E-state index in [1.165, 1.54) is 11.3 Å². The molecule has 0 spiro atoms. The molecule has 1 N–H and O–H groups in total. The average molecular weight is 409 g/mol. The largest absolute Gasteiger partial charge is 0.331 e. The first kappa shape index (κ1) is 19.3. The van der Waals surface area contributed by atoms with E-state index in [9.17, 15) is 4.79 Å². The van der Waals surface area contributed by atoms with Gasteiger partial charge in [0.15, 0.2) is 5.13 Å². The fourth-order valence-corrected chi connectivity index (χ4v) is 4.43. The molecule has 3 aromatic rings. The number of aromatic nitrogens is 4. The second-order valence-corrected chi connectivity index (χ2v) is 8.01. The number of anilines is 2. The Hall–Kier alpha value is -3.00. The van der Waals surface area contributed by atoms with E-state index in [2.05, 4.69) is 15.4 Å². The van der Waals surface area contributed by atoms with Gasteiger partial charge in [0, 0.05) is 42.5 Å². The molecule has 1 fully saturated rings. The van der Waals surface area contributed by atoms with Gasteiger partial charge in [-0.1, -0.05) is 6.07 Å². The number of pyridine rings is 1. The minimum atomic E-state index is 0.0128. The summed E-state index contributed by atoms with van der Waals surface area (Å²) >= 11 is 1.53. The van der Waals surface area contributed by atoms with E-state index < -0.39 is 0 Å². The van der Waals surface area contributed by atoms with Crippen LogP contribution in [0.2, 0.25) is 0 Å². The number of carbonyl (C=O) groups excluding carboxylic acids is 1. The zero-order valence-corrected chi connectivity index (χ0v) is 17.6. The third kappa shape index (κ3) is 4.07. The van der Waals surface area contributed by atoms with E-state index in [-0.39, 0.29) is 11.9 Å². The summed E-state index contributed by atoms with van der Waals surface area (Å²) in [5.74, 6) is 0.778. The predicted molar refractivity (Wildman–Crippen MR) is 115 cm³/mol. The van der Waals surface area contributed by atoms with Gasteiger partial charge < -0.3 is 10.2 Å². The second kappa shape index (κ2) is 8.16. The number of hydrogen-bond acceptors (Lipinski definition) is 6. The predicted octanol–water partition coefficient (Wildman–Crippen LogP) is 4.01. The fourth-order valence-electron chi connectivity index (χ4n) is 3.66. The van der Waals surface area contributed by atoms with E-state index in [1.54, 1.807) is 12.3 Å². The molecule has 0 aromatic carbocycles. The molecule has 0 radical (unpaired) electrons. The normalized spacial score (nSPS) is 16.7. The van der Waals surface area contributed by atoms with Gasteiger partial charge in [0.25, 0.3) is 0 Å². The van der Waals surface area contributed by atoms with Crippen molar-refractivity contribution in [2.45, 2.75) is 32.7 Å². The number of aryl methyl sites for hydroxylation is 2. The van der Waals surface area contributed by atoms with Gasteiger partial charge in [-0.3, -0.25) is 9.48 Å². The molecule has 0 saturated carbocycles. The molecule has 1 saturated heterocycles. The lowest BCUT2D eigenvalue weighted by atomic mass is 10.1. The Morgan fingerprint density at radius 2 is 2.21 bits per heavy atom. The third-order valence-corrected chi connectivity index (χ3v) is 6.03. The molecule has 0 bridgehead atoms. The first-order valence-corrected chi connectivity index (χ1v) is 10.5. The third-order valence-electron chi connectivity index (χ3n) is 5.26. The van der Waals surface area contributed by atoms with Crippen LogP contribution in [0.4, 0.5) is 10.9 Å². The lowest BCUT2D eigenvalue weighted by molar-refractivity contribution is -0.126. The van der Waals surface area contributed by atoms with Crippen molar-refractivity contribution in [2.24, 2.45) is 7.05 Å². The molecule has 1 amide bonds. The molecule has 150 valence electrons. The smallest absolute Gasteiger partial charge is 0.247 e. The van der Waals surface area contributed by atoms with Crippen LogP contribution in [-0.4, -0.2) is 37.1 Å². The summed E-state index contributed by atoms with van der Waals surface area (Å²) in [6.07, 6.45) is 7.19. The Kier molecular flexibility index (Phi) is 5.44. The maximum atomic E-state index is 12.9. The summed E-state index contributed by atoms with van der Waals surface area (Å²) in [5.41, 5.74) is 3.92. The second-order valence-electron chi connectivity index (χ2n) is 7.15. The maximum Gasteiger partial charge on any atom is 0.247 e. The number of hydrogen-bond donors (Lipinski definition) is 1. The Labute approximate surface area is 174 Å². The van der Waals surface area contributed by atoms with Crippen LogP contribution in [0.3, 0.4) is 0 Å². The van der Waals surface area contributed by atoms with Gasteiger partial charge in [-0.05, 0) is 44.9 Å². The minimum absolute atomic E-state index is 0.0128. The highest BCUT2D eigenvalue weighted by Crippen LogP contribution is 2.34. The summed E-state index contributed by atoms with van der Waals surface area (Å²) in [5, 5.41) is 10.4. The van der Waals surface area contributed by atoms with Crippen molar-refractivity contribution in [3.63, 3.8) is 0 Å². The Bertz CT molecular complexity index is 1040. The molecule has 1 aliphatic heterocycles. The van der Waals surface area contributed by atoms with Crippen molar-refractivity contribution in [1.82, 2.24) is 24.6 Å². The van der Waals surface area contributed by atoms with Gasteiger partial charge >= 0.3 is 0 Å². The molecule has 4 rings (SSSR count). The molecule has 29 heavy (non-hydrogen) atoms. The molecule has 1 aliphatic rings. The van der Waals surface area contributed by atoms with Crippen LogP contribution in [0, 0.1) is 13.8 Å². The van der Waals surface area contributed by atoms with Crippen molar-refractivity contribution < 1.29 is 4.79 Å². The summed E-state index contributed by atoms with van der Waals surface area (Å²) in [7, 11) is 1.91. The van der Waals surface area contributed by atoms with E-state index in [1.807, 2.05) is 60.1 Å². The highest BCUT2D eigenvalue weighted by atomic mass is 32.1. The van der Waals surface area contributed by atoms with Crippen molar-refractivity contribution in [3.05, 3.63) is 58.5 Å². The molecule has 7 nitrogen and oxygen atoms in total. The van der Waals surface area contributed by atoms with Gasteiger partial charge in [-0.25, -0.2) is 9.97 Å². The number of thiazole rings is 1. The SMILES string of the molecule is Cc1nn(C)c(C)c1/C=C/C(=O)N1CCCC1c1csc(Nc2ccccn2)n1. The fraction of sp³-hybridized carbons (Fsp3) is 0.333. The van der Waals surface area contributed by atoms with Crippen LogP contribution in [0.1, 0.15) is 41.5 Å².